The van der Waals surface area contributed by atoms with Crippen molar-refractivity contribution in [1.29, 1.82) is 0 Å². The van der Waals surface area contributed by atoms with Crippen LogP contribution in [0.25, 0.3) is 5.65 Å². The fourth-order valence-electron chi connectivity index (χ4n) is 2.61. The highest BCUT2D eigenvalue weighted by Crippen LogP contribution is 2.32. The number of imidazole rings is 1. The summed E-state index contributed by atoms with van der Waals surface area (Å²) in [6, 6.07) is 5.19. The molecule has 0 aliphatic carbocycles. The molecule has 0 aliphatic heterocycles. The molecule has 1 N–H and O–H groups in total. The highest BCUT2D eigenvalue weighted by Gasteiger charge is 2.30. The molecule has 0 unspecified atom stereocenters. The maximum absolute atomic E-state index is 13.5. The van der Waals surface area contributed by atoms with Crippen molar-refractivity contribution in [1.82, 2.24) is 9.38 Å². The van der Waals surface area contributed by atoms with Crippen LogP contribution in [0, 0.1) is 12.7 Å². The zero-order valence-electron chi connectivity index (χ0n) is 14.6. The molecule has 0 saturated heterocycles. The molecule has 0 spiro atoms. The number of benzene rings is 1. The lowest BCUT2D eigenvalue weighted by Gasteiger charge is -2.21. The molecule has 10 heteroatoms. The fraction of sp³-hybridized carbons (Fsp3) is 0.222. The largest absolute Gasteiger partial charge is 0.465 e. The van der Waals surface area contributed by atoms with Crippen LogP contribution < -0.4 is 9.64 Å². The summed E-state index contributed by atoms with van der Waals surface area (Å²) in [7, 11) is 0. The monoisotopic (exact) mass is 397 g/mol. The van der Waals surface area contributed by atoms with E-state index < -0.39 is 31.1 Å². The minimum Gasteiger partial charge on any atom is -0.465 e. The highest BCUT2D eigenvalue weighted by molar-refractivity contribution is 5.91. The molecule has 1 aromatic carbocycles. The number of carboxylic acid groups (broad SMARTS) is 1. The molecule has 0 bridgehead atoms. The summed E-state index contributed by atoms with van der Waals surface area (Å²) in [5.41, 5.74) is 0.696. The smallest absolute Gasteiger partial charge is 0.411 e. The second-order valence-electron chi connectivity index (χ2n) is 6.03. The predicted octanol–water partition coefficient (Wildman–Crippen LogP) is 5.01. The number of pyridine rings is 1. The number of aryl methyl sites for hydroxylation is 1. The Balaban J connectivity index is 2.02. The van der Waals surface area contributed by atoms with Crippen LogP contribution in [0.1, 0.15) is 12.0 Å². The molecule has 6 nitrogen and oxygen atoms in total. The molecule has 3 aromatic rings. The molecule has 2 aromatic heterocycles. The number of carbonyl (C=O) groups is 1. The van der Waals surface area contributed by atoms with Crippen LogP contribution >= 0.6 is 0 Å². The number of halogens is 4. The molecule has 0 fully saturated rings. The number of rotatable bonds is 5. The van der Waals surface area contributed by atoms with E-state index in [-0.39, 0.29) is 22.8 Å². The number of amides is 1. The average Bonchev–Trinajstić information content (AvgIpc) is 3.05. The maximum atomic E-state index is 13.5. The Kier molecular flexibility index (Phi) is 5.12. The Hall–Kier alpha value is -3.30. The first-order valence-electron chi connectivity index (χ1n) is 8.12. The number of hydrogen-bond acceptors (Lipinski definition) is 3. The molecular formula is C18H15F4N3O3. The molecule has 1 amide bonds. The predicted molar refractivity (Wildman–Crippen MR) is 92.4 cm³/mol. The van der Waals surface area contributed by atoms with Gasteiger partial charge in [0.2, 0.25) is 0 Å². The van der Waals surface area contributed by atoms with Gasteiger partial charge in [0.25, 0.3) is 0 Å². The van der Waals surface area contributed by atoms with E-state index in [1.54, 1.807) is 6.92 Å². The van der Waals surface area contributed by atoms with Gasteiger partial charge in [-0.05, 0) is 18.6 Å². The van der Waals surface area contributed by atoms with Gasteiger partial charge in [0.05, 0.1) is 18.3 Å². The summed E-state index contributed by atoms with van der Waals surface area (Å²) < 4.78 is 58.4. The molecule has 148 valence electrons. The number of anilines is 1. The van der Waals surface area contributed by atoms with Gasteiger partial charge in [0.1, 0.15) is 17.3 Å². The van der Waals surface area contributed by atoms with Crippen LogP contribution in [0.5, 0.6) is 11.5 Å². The normalized spacial score (nSPS) is 11.6. The zero-order valence-corrected chi connectivity index (χ0v) is 14.6. The fourth-order valence-corrected chi connectivity index (χ4v) is 2.61. The first kappa shape index (κ1) is 19.5. The molecule has 0 atom stereocenters. The summed E-state index contributed by atoms with van der Waals surface area (Å²) in [5, 5.41) is 9.41. The van der Waals surface area contributed by atoms with Gasteiger partial charge in [0, 0.05) is 31.1 Å². The van der Waals surface area contributed by atoms with Gasteiger partial charge in [-0.3, -0.25) is 4.90 Å². The first-order chi connectivity index (χ1) is 13.1. The Morgan fingerprint density at radius 1 is 1.32 bits per heavy atom. The average molecular weight is 397 g/mol. The number of hydrogen-bond donors (Lipinski definition) is 1. The van der Waals surface area contributed by atoms with Gasteiger partial charge >= 0.3 is 12.3 Å². The molecule has 0 radical (unpaired) electrons. The van der Waals surface area contributed by atoms with Gasteiger partial charge in [-0.15, -0.1) is 0 Å². The van der Waals surface area contributed by atoms with Crippen molar-refractivity contribution in [3.8, 4) is 11.5 Å². The summed E-state index contributed by atoms with van der Waals surface area (Å²) in [4.78, 5) is 16.1. The van der Waals surface area contributed by atoms with E-state index in [4.69, 9.17) is 4.74 Å². The van der Waals surface area contributed by atoms with Gasteiger partial charge < -0.3 is 14.2 Å². The van der Waals surface area contributed by atoms with Crippen LogP contribution in [0.2, 0.25) is 0 Å². The van der Waals surface area contributed by atoms with Gasteiger partial charge in [-0.2, -0.15) is 13.2 Å². The molecule has 3 rings (SSSR count). The van der Waals surface area contributed by atoms with Crippen LogP contribution in [0.15, 0.2) is 42.9 Å². The van der Waals surface area contributed by atoms with Crippen molar-refractivity contribution < 1.29 is 32.2 Å². The molecule has 2 heterocycles. The summed E-state index contributed by atoms with van der Waals surface area (Å²) in [6.07, 6.45) is -3.06. The van der Waals surface area contributed by atoms with E-state index in [9.17, 15) is 27.5 Å². The molecular weight excluding hydrogens is 382 g/mol. The third kappa shape index (κ3) is 4.33. The van der Waals surface area contributed by atoms with Crippen molar-refractivity contribution in [3.63, 3.8) is 0 Å². The third-order valence-electron chi connectivity index (χ3n) is 3.96. The van der Waals surface area contributed by atoms with Crippen LogP contribution in [-0.4, -0.2) is 33.3 Å². The van der Waals surface area contributed by atoms with E-state index in [0.717, 1.165) is 6.07 Å². The van der Waals surface area contributed by atoms with Crippen LogP contribution in [0.4, 0.5) is 28.0 Å². The minimum absolute atomic E-state index is 0.0756. The summed E-state index contributed by atoms with van der Waals surface area (Å²) in [6.45, 7) is 0.891. The summed E-state index contributed by atoms with van der Waals surface area (Å²) in [5.74, 6) is -0.211. The van der Waals surface area contributed by atoms with Crippen molar-refractivity contribution in [3.05, 3.63) is 54.2 Å². The lowest BCUT2D eigenvalue weighted by Crippen LogP contribution is -2.33. The van der Waals surface area contributed by atoms with Crippen LogP contribution in [-0.2, 0) is 0 Å². The minimum atomic E-state index is -4.52. The number of fused-ring (bicyclic) bond motifs is 1. The second kappa shape index (κ2) is 7.37. The van der Waals surface area contributed by atoms with Crippen molar-refractivity contribution in [2.45, 2.75) is 19.5 Å². The Morgan fingerprint density at radius 3 is 2.75 bits per heavy atom. The van der Waals surface area contributed by atoms with E-state index >= 15 is 0 Å². The van der Waals surface area contributed by atoms with Gasteiger partial charge in [-0.1, -0.05) is 6.07 Å². The quantitative estimate of drug-likeness (QED) is 0.615. The Morgan fingerprint density at radius 2 is 2.07 bits per heavy atom. The van der Waals surface area contributed by atoms with E-state index in [0.29, 0.717) is 10.5 Å². The maximum Gasteiger partial charge on any atom is 0.411 e. The third-order valence-corrected chi connectivity index (χ3v) is 3.96. The standard InChI is InChI=1S/C18H15F4N3O3/c1-11-2-3-12(19)8-15(11)28-13-9-14(16-23-5-7-24(16)10-13)25(17(26)27)6-4-18(20,21)22/h2-3,5,7-10H,4,6H2,1H3,(H,26,27). The Bertz CT molecular complexity index is 1020. The van der Waals surface area contributed by atoms with E-state index in [2.05, 4.69) is 4.98 Å². The molecule has 0 saturated carbocycles. The van der Waals surface area contributed by atoms with Crippen molar-refractivity contribution in [2.75, 3.05) is 11.4 Å². The van der Waals surface area contributed by atoms with Crippen molar-refractivity contribution in [2.24, 2.45) is 0 Å². The second-order valence-corrected chi connectivity index (χ2v) is 6.03. The number of nitrogens with zero attached hydrogens (tertiary/aromatic N) is 3. The van der Waals surface area contributed by atoms with E-state index in [1.165, 1.54) is 41.2 Å². The summed E-state index contributed by atoms with van der Waals surface area (Å²) >= 11 is 0. The Labute approximate surface area is 156 Å². The number of alkyl halides is 3. The number of aromatic nitrogens is 2. The lowest BCUT2D eigenvalue weighted by molar-refractivity contribution is -0.132. The molecule has 28 heavy (non-hydrogen) atoms. The SMILES string of the molecule is Cc1ccc(F)cc1Oc1cc(N(CCC(F)(F)F)C(=O)O)c2nccn2c1. The van der Waals surface area contributed by atoms with Crippen molar-refractivity contribution >= 4 is 17.4 Å². The topological polar surface area (TPSA) is 67.1 Å². The zero-order chi connectivity index (χ0) is 20.5. The first-order valence-corrected chi connectivity index (χ1v) is 8.12. The van der Waals surface area contributed by atoms with Gasteiger partial charge in [0.15, 0.2) is 5.65 Å². The highest BCUT2D eigenvalue weighted by atomic mass is 19.4. The lowest BCUT2D eigenvalue weighted by atomic mass is 10.2. The van der Waals surface area contributed by atoms with Crippen LogP contribution in [0.3, 0.4) is 0 Å². The molecule has 0 aliphatic rings. The van der Waals surface area contributed by atoms with Gasteiger partial charge in [-0.25, -0.2) is 14.2 Å². The number of ether oxygens (including phenoxy) is 1. The van der Waals surface area contributed by atoms with E-state index in [1.807, 2.05) is 0 Å².